The van der Waals surface area contributed by atoms with Gasteiger partial charge in [-0.25, -0.2) is 9.59 Å². The molecule has 0 bridgehead atoms. The highest BCUT2D eigenvalue weighted by molar-refractivity contribution is 5.86. The molecule has 0 amide bonds. The van der Waals surface area contributed by atoms with Crippen molar-refractivity contribution in [3.05, 3.63) is 24.8 Å². The van der Waals surface area contributed by atoms with E-state index >= 15 is 0 Å². The molecule has 4 heteroatoms. The third kappa shape index (κ3) is 20.7. The first-order valence-corrected chi connectivity index (χ1v) is 11.0. The van der Waals surface area contributed by atoms with Gasteiger partial charge in [0.2, 0.25) is 0 Å². The standard InChI is InChI=1S/2C12H22O2/c1-5-7-8-11(6-2)9-14-12(13)10(3)4;1-3-5-6-7-8-9-10-11-14-12(13)4-2/h11H,3,5-9H2,1-2,4H3;4H,2-3,5-11H2,1H3. The van der Waals surface area contributed by atoms with Gasteiger partial charge < -0.3 is 9.47 Å². The zero-order valence-corrected chi connectivity index (χ0v) is 18.9. The van der Waals surface area contributed by atoms with Crippen LogP contribution in [0.1, 0.15) is 98.3 Å². The number of rotatable bonds is 16. The van der Waals surface area contributed by atoms with Crippen LogP contribution in [0.4, 0.5) is 0 Å². The summed E-state index contributed by atoms with van der Waals surface area (Å²) in [5.74, 6) is -0.0609. The SMILES string of the molecule is C=C(C)C(=O)OCC(CC)CCCC.C=CC(=O)OCCCCCCCCC. The van der Waals surface area contributed by atoms with Crippen LogP contribution >= 0.6 is 0 Å². The van der Waals surface area contributed by atoms with E-state index in [4.69, 9.17) is 9.47 Å². The average Bonchev–Trinajstić information content (AvgIpc) is 2.70. The number of ether oxygens (including phenoxy) is 2. The molecular formula is C24H44O4. The molecule has 164 valence electrons. The lowest BCUT2D eigenvalue weighted by molar-refractivity contribution is -0.140. The van der Waals surface area contributed by atoms with Gasteiger partial charge in [-0.05, 0) is 25.7 Å². The van der Waals surface area contributed by atoms with Crippen LogP contribution in [-0.2, 0) is 19.1 Å². The van der Waals surface area contributed by atoms with Gasteiger partial charge in [0.25, 0.3) is 0 Å². The summed E-state index contributed by atoms with van der Waals surface area (Å²) >= 11 is 0. The fourth-order valence-corrected chi connectivity index (χ4v) is 2.51. The molecule has 0 aliphatic heterocycles. The molecule has 0 aromatic rings. The highest BCUT2D eigenvalue weighted by Gasteiger charge is 2.09. The summed E-state index contributed by atoms with van der Waals surface area (Å²) < 4.78 is 9.98. The minimum atomic E-state index is -0.309. The number of hydrogen-bond acceptors (Lipinski definition) is 4. The van der Waals surface area contributed by atoms with E-state index in [1.807, 2.05) is 0 Å². The molecule has 0 N–H and O–H groups in total. The summed E-state index contributed by atoms with van der Waals surface area (Å²) in [5.41, 5.74) is 0.482. The number of unbranched alkanes of at least 4 members (excludes halogenated alkanes) is 7. The Morgan fingerprint density at radius 1 is 0.893 bits per heavy atom. The Labute approximate surface area is 173 Å². The molecule has 0 radical (unpaired) electrons. The summed E-state index contributed by atoms with van der Waals surface area (Å²) in [4.78, 5) is 21.8. The van der Waals surface area contributed by atoms with E-state index in [1.54, 1.807) is 6.92 Å². The van der Waals surface area contributed by atoms with Crippen molar-refractivity contribution < 1.29 is 19.1 Å². The van der Waals surface area contributed by atoms with E-state index < -0.39 is 0 Å². The zero-order valence-electron chi connectivity index (χ0n) is 18.9. The fourth-order valence-electron chi connectivity index (χ4n) is 2.51. The molecule has 0 saturated heterocycles. The van der Waals surface area contributed by atoms with Gasteiger partial charge in [0.05, 0.1) is 13.2 Å². The van der Waals surface area contributed by atoms with Crippen LogP contribution in [0.25, 0.3) is 0 Å². The highest BCUT2D eigenvalue weighted by atomic mass is 16.5. The fraction of sp³-hybridized carbons (Fsp3) is 0.750. The topological polar surface area (TPSA) is 52.6 Å². The van der Waals surface area contributed by atoms with Crippen molar-refractivity contribution in [3.63, 3.8) is 0 Å². The van der Waals surface area contributed by atoms with Crippen molar-refractivity contribution in [2.45, 2.75) is 98.3 Å². The highest BCUT2D eigenvalue weighted by Crippen LogP contribution is 2.13. The van der Waals surface area contributed by atoms with Crippen LogP contribution in [0.5, 0.6) is 0 Å². The van der Waals surface area contributed by atoms with Crippen LogP contribution in [0, 0.1) is 5.92 Å². The summed E-state index contributed by atoms with van der Waals surface area (Å²) in [7, 11) is 0. The summed E-state index contributed by atoms with van der Waals surface area (Å²) in [6.07, 6.45) is 14.5. The second-order valence-electron chi connectivity index (χ2n) is 7.29. The molecule has 0 spiro atoms. The second-order valence-corrected chi connectivity index (χ2v) is 7.29. The lowest BCUT2D eigenvalue weighted by atomic mass is 10.0. The van der Waals surface area contributed by atoms with Gasteiger partial charge in [-0.15, -0.1) is 0 Å². The maximum atomic E-state index is 11.1. The molecule has 0 fully saturated rings. The monoisotopic (exact) mass is 396 g/mol. The molecule has 0 rings (SSSR count). The maximum Gasteiger partial charge on any atom is 0.333 e. The molecular weight excluding hydrogens is 352 g/mol. The lowest BCUT2D eigenvalue weighted by Gasteiger charge is -2.14. The molecule has 0 heterocycles. The Balaban J connectivity index is 0. The average molecular weight is 397 g/mol. The zero-order chi connectivity index (χ0) is 21.6. The molecule has 1 unspecified atom stereocenters. The molecule has 28 heavy (non-hydrogen) atoms. The first-order chi connectivity index (χ1) is 13.4. The van der Waals surface area contributed by atoms with Crippen molar-refractivity contribution in [2.75, 3.05) is 13.2 Å². The minimum Gasteiger partial charge on any atom is -0.463 e. The Kier molecular flexibility index (Phi) is 22.2. The van der Waals surface area contributed by atoms with Crippen molar-refractivity contribution in [3.8, 4) is 0 Å². The molecule has 4 nitrogen and oxygen atoms in total. The summed E-state index contributed by atoms with van der Waals surface area (Å²) in [5, 5.41) is 0. The first-order valence-electron chi connectivity index (χ1n) is 11.0. The molecule has 0 aliphatic carbocycles. The van der Waals surface area contributed by atoms with E-state index in [0.29, 0.717) is 24.7 Å². The number of hydrogen-bond donors (Lipinski definition) is 0. The van der Waals surface area contributed by atoms with Gasteiger partial charge >= 0.3 is 11.9 Å². The largest absolute Gasteiger partial charge is 0.463 e. The minimum absolute atomic E-state index is 0.264. The van der Waals surface area contributed by atoms with Crippen molar-refractivity contribution in [1.29, 1.82) is 0 Å². The number of carbonyl (C=O) groups excluding carboxylic acids is 2. The van der Waals surface area contributed by atoms with Crippen molar-refractivity contribution in [2.24, 2.45) is 5.92 Å². The van der Waals surface area contributed by atoms with Crippen LogP contribution < -0.4 is 0 Å². The smallest absolute Gasteiger partial charge is 0.333 e. The van der Waals surface area contributed by atoms with Gasteiger partial charge in [-0.1, -0.05) is 91.7 Å². The Morgan fingerprint density at radius 2 is 1.46 bits per heavy atom. The van der Waals surface area contributed by atoms with E-state index in [-0.39, 0.29) is 11.9 Å². The van der Waals surface area contributed by atoms with Crippen LogP contribution in [0.15, 0.2) is 24.8 Å². The van der Waals surface area contributed by atoms with Crippen LogP contribution in [0.2, 0.25) is 0 Å². The van der Waals surface area contributed by atoms with Gasteiger partial charge in [0.15, 0.2) is 0 Å². The second kappa shape index (κ2) is 21.7. The summed E-state index contributed by atoms with van der Waals surface area (Å²) in [6, 6.07) is 0. The van der Waals surface area contributed by atoms with E-state index in [1.165, 1.54) is 51.0 Å². The van der Waals surface area contributed by atoms with Crippen molar-refractivity contribution >= 4 is 11.9 Å². The third-order valence-corrected chi connectivity index (χ3v) is 4.50. The van der Waals surface area contributed by atoms with E-state index in [0.717, 1.165) is 25.7 Å². The summed E-state index contributed by atoms with van der Waals surface area (Å²) in [6.45, 7) is 16.2. The first kappa shape index (κ1) is 28.6. The van der Waals surface area contributed by atoms with E-state index in [2.05, 4.69) is 33.9 Å². The third-order valence-electron chi connectivity index (χ3n) is 4.50. The van der Waals surface area contributed by atoms with Crippen LogP contribution in [0.3, 0.4) is 0 Å². The van der Waals surface area contributed by atoms with E-state index in [9.17, 15) is 9.59 Å². The lowest BCUT2D eigenvalue weighted by Crippen LogP contribution is -2.14. The maximum absolute atomic E-state index is 11.1. The molecule has 1 atom stereocenters. The Morgan fingerprint density at radius 3 is 1.96 bits per heavy atom. The number of carbonyl (C=O) groups is 2. The van der Waals surface area contributed by atoms with Gasteiger partial charge in [-0.2, -0.15) is 0 Å². The Hall–Kier alpha value is -1.58. The van der Waals surface area contributed by atoms with Gasteiger partial charge in [-0.3, -0.25) is 0 Å². The van der Waals surface area contributed by atoms with Gasteiger partial charge in [0, 0.05) is 11.6 Å². The van der Waals surface area contributed by atoms with Gasteiger partial charge in [0.1, 0.15) is 0 Å². The van der Waals surface area contributed by atoms with Crippen molar-refractivity contribution in [1.82, 2.24) is 0 Å². The molecule has 0 aliphatic rings. The number of esters is 2. The molecule has 0 aromatic carbocycles. The Bertz CT molecular complexity index is 415. The molecule has 0 aromatic heterocycles. The normalized spacial score (nSPS) is 11.0. The quantitative estimate of drug-likeness (QED) is 0.164. The molecule has 0 saturated carbocycles. The predicted molar refractivity (Wildman–Crippen MR) is 118 cm³/mol. The van der Waals surface area contributed by atoms with Crippen LogP contribution in [-0.4, -0.2) is 25.2 Å². The predicted octanol–water partition coefficient (Wildman–Crippen LogP) is 6.79.